The molecule has 110 valence electrons. The van der Waals surface area contributed by atoms with E-state index in [0.29, 0.717) is 20.0 Å². The molecule has 3 unspecified atom stereocenters. The molecule has 19 heavy (non-hydrogen) atoms. The Morgan fingerprint density at radius 3 is 2.32 bits per heavy atom. The number of carboxylic acid groups (broad SMARTS) is 1. The summed E-state index contributed by atoms with van der Waals surface area (Å²) < 4.78 is 43.1. The molecule has 0 aromatic carbocycles. The van der Waals surface area contributed by atoms with Crippen molar-refractivity contribution in [3.63, 3.8) is 0 Å². The summed E-state index contributed by atoms with van der Waals surface area (Å²) in [5.74, 6) is -2.18. The molecule has 1 saturated heterocycles. The van der Waals surface area contributed by atoms with Crippen LogP contribution in [0.25, 0.3) is 0 Å². The number of hydrogen-bond acceptors (Lipinski definition) is 3. The summed E-state index contributed by atoms with van der Waals surface area (Å²) in [5.41, 5.74) is -3.33. The Balaban J connectivity index is 2.70. The summed E-state index contributed by atoms with van der Waals surface area (Å²) in [6.45, 7) is 2.45. The first-order chi connectivity index (χ1) is 8.58. The van der Waals surface area contributed by atoms with E-state index < -0.39 is 29.8 Å². The Morgan fingerprint density at radius 1 is 1.37 bits per heavy atom. The van der Waals surface area contributed by atoms with Crippen molar-refractivity contribution in [3.8, 4) is 0 Å². The molecular weight excluding hydrogens is 269 g/mol. The zero-order valence-electron chi connectivity index (χ0n) is 10.4. The summed E-state index contributed by atoms with van der Waals surface area (Å²) in [6.07, 6.45) is -4.97. The first-order valence-corrected chi connectivity index (χ1v) is 5.58. The van der Waals surface area contributed by atoms with Gasteiger partial charge in [0.15, 0.2) is 0 Å². The van der Waals surface area contributed by atoms with Crippen molar-refractivity contribution in [3.05, 3.63) is 0 Å². The van der Waals surface area contributed by atoms with E-state index in [1.165, 1.54) is 5.32 Å². The fourth-order valence-corrected chi connectivity index (χ4v) is 1.60. The first kappa shape index (κ1) is 15.5. The minimum atomic E-state index is -5.10. The topological polar surface area (TPSA) is 87.7 Å². The van der Waals surface area contributed by atoms with Crippen molar-refractivity contribution in [2.45, 2.75) is 44.1 Å². The normalized spacial score (nSPS) is 26.6. The van der Waals surface area contributed by atoms with Crippen molar-refractivity contribution < 1.29 is 32.6 Å². The maximum absolute atomic E-state index is 12.7. The van der Waals surface area contributed by atoms with Crippen molar-refractivity contribution in [1.29, 1.82) is 0 Å². The number of alkyl halides is 3. The Labute approximate surface area is 107 Å². The molecule has 9 heteroatoms. The van der Waals surface area contributed by atoms with Gasteiger partial charge in [0.2, 0.25) is 5.54 Å². The Morgan fingerprint density at radius 2 is 1.95 bits per heavy atom. The van der Waals surface area contributed by atoms with Gasteiger partial charge in [-0.25, -0.2) is 9.59 Å². The molecule has 3 atom stereocenters. The van der Waals surface area contributed by atoms with Crippen molar-refractivity contribution in [1.82, 2.24) is 10.6 Å². The Bertz CT molecular complexity index is 374. The highest BCUT2D eigenvalue weighted by molar-refractivity contribution is 5.86. The predicted molar refractivity (Wildman–Crippen MR) is 57.6 cm³/mol. The van der Waals surface area contributed by atoms with E-state index in [-0.39, 0.29) is 6.10 Å². The molecule has 1 rings (SSSR count). The number of carbonyl (C=O) groups excluding carboxylic acids is 1. The number of rotatable bonds is 3. The van der Waals surface area contributed by atoms with E-state index in [2.05, 4.69) is 5.32 Å². The third kappa shape index (κ3) is 3.28. The number of carboxylic acids is 1. The number of hydrogen-bond donors (Lipinski definition) is 3. The second-order valence-electron chi connectivity index (χ2n) is 4.50. The highest BCUT2D eigenvalue weighted by Crippen LogP contribution is 2.30. The zero-order chi connectivity index (χ0) is 14.8. The van der Waals surface area contributed by atoms with Crippen molar-refractivity contribution in [2.75, 3.05) is 6.61 Å². The van der Waals surface area contributed by atoms with Crippen molar-refractivity contribution >= 4 is 12.0 Å². The van der Waals surface area contributed by atoms with E-state index >= 15 is 0 Å². The van der Waals surface area contributed by atoms with Crippen LogP contribution in [0.4, 0.5) is 18.0 Å². The molecule has 0 radical (unpaired) electrons. The van der Waals surface area contributed by atoms with Gasteiger partial charge in [-0.05, 0) is 20.3 Å². The third-order valence-corrected chi connectivity index (χ3v) is 3.05. The van der Waals surface area contributed by atoms with Crippen LogP contribution in [0, 0.1) is 0 Å². The monoisotopic (exact) mass is 284 g/mol. The molecule has 0 spiro atoms. The van der Waals surface area contributed by atoms with Crippen LogP contribution in [0.1, 0.15) is 20.3 Å². The van der Waals surface area contributed by atoms with E-state index in [4.69, 9.17) is 9.84 Å². The summed E-state index contributed by atoms with van der Waals surface area (Å²) in [6, 6.07) is -1.63. The molecule has 0 bridgehead atoms. The second kappa shape index (κ2) is 5.24. The van der Waals surface area contributed by atoms with Gasteiger partial charge >= 0.3 is 18.2 Å². The number of halogens is 3. The summed E-state index contributed by atoms with van der Waals surface area (Å²) in [5, 5.41) is 12.4. The lowest BCUT2D eigenvalue weighted by Crippen LogP contribution is -2.64. The van der Waals surface area contributed by atoms with Crippen LogP contribution in [0.2, 0.25) is 0 Å². The minimum absolute atomic E-state index is 0.326. The van der Waals surface area contributed by atoms with Crippen LogP contribution >= 0.6 is 0 Å². The highest BCUT2D eigenvalue weighted by atomic mass is 19.4. The fraction of sp³-hybridized carbons (Fsp3) is 0.800. The summed E-state index contributed by atoms with van der Waals surface area (Å²) in [4.78, 5) is 22.2. The van der Waals surface area contributed by atoms with Gasteiger partial charge in [0.05, 0.1) is 12.1 Å². The van der Waals surface area contributed by atoms with Crippen LogP contribution in [0.15, 0.2) is 0 Å². The molecule has 0 saturated carbocycles. The smallest absolute Gasteiger partial charge is 0.422 e. The lowest BCUT2D eigenvalue weighted by molar-refractivity contribution is -0.203. The van der Waals surface area contributed by atoms with Crippen LogP contribution in [-0.4, -0.2) is 47.6 Å². The van der Waals surface area contributed by atoms with Gasteiger partial charge in [0.1, 0.15) is 0 Å². The third-order valence-electron chi connectivity index (χ3n) is 3.05. The van der Waals surface area contributed by atoms with Gasteiger partial charge in [-0.2, -0.15) is 13.2 Å². The van der Waals surface area contributed by atoms with E-state index in [0.717, 1.165) is 0 Å². The molecule has 0 aromatic rings. The lowest BCUT2D eigenvalue weighted by atomic mass is 10.0. The quantitative estimate of drug-likeness (QED) is 0.717. The van der Waals surface area contributed by atoms with Gasteiger partial charge in [0.25, 0.3) is 0 Å². The van der Waals surface area contributed by atoms with Gasteiger partial charge in [-0.1, -0.05) is 0 Å². The molecule has 0 aromatic heterocycles. The summed E-state index contributed by atoms with van der Waals surface area (Å²) >= 11 is 0. The average molecular weight is 284 g/mol. The van der Waals surface area contributed by atoms with Crippen LogP contribution < -0.4 is 10.6 Å². The molecule has 3 N–H and O–H groups in total. The Kier molecular flexibility index (Phi) is 4.28. The van der Waals surface area contributed by atoms with Gasteiger partial charge < -0.3 is 20.5 Å². The SMILES string of the molecule is CC1OCCC1NC(=O)NC(C)(C(=O)O)C(F)(F)F. The molecule has 2 amide bonds. The zero-order valence-corrected chi connectivity index (χ0v) is 10.4. The fourth-order valence-electron chi connectivity index (χ4n) is 1.60. The van der Waals surface area contributed by atoms with E-state index in [1.807, 2.05) is 0 Å². The molecule has 1 aliphatic heterocycles. The highest BCUT2D eigenvalue weighted by Gasteiger charge is 2.58. The predicted octanol–water partition coefficient (Wildman–Crippen LogP) is 0.869. The summed E-state index contributed by atoms with van der Waals surface area (Å²) in [7, 11) is 0. The number of nitrogens with one attached hydrogen (secondary N) is 2. The minimum Gasteiger partial charge on any atom is -0.479 e. The number of aliphatic carboxylic acids is 1. The van der Waals surface area contributed by atoms with Crippen LogP contribution in [0.5, 0.6) is 0 Å². The van der Waals surface area contributed by atoms with Gasteiger partial charge in [-0.15, -0.1) is 0 Å². The molecule has 0 aliphatic carbocycles. The molecule has 1 aliphatic rings. The maximum Gasteiger partial charge on any atom is 0.422 e. The number of carbonyl (C=O) groups is 2. The molecular formula is C10H15F3N2O4. The standard InChI is InChI=1S/C10H15F3N2O4/c1-5-6(3-4-19-5)14-8(18)15-9(2,7(16)17)10(11,12)13/h5-6H,3-4H2,1-2H3,(H,16,17)(H2,14,15,18). The van der Waals surface area contributed by atoms with Gasteiger partial charge in [0, 0.05) is 6.61 Å². The first-order valence-electron chi connectivity index (χ1n) is 5.58. The van der Waals surface area contributed by atoms with Crippen LogP contribution in [0.3, 0.4) is 0 Å². The molecule has 1 fully saturated rings. The van der Waals surface area contributed by atoms with Crippen LogP contribution in [-0.2, 0) is 9.53 Å². The number of urea groups is 1. The lowest BCUT2D eigenvalue weighted by Gasteiger charge is -2.29. The average Bonchev–Trinajstić information content (AvgIpc) is 2.62. The van der Waals surface area contributed by atoms with E-state index in [1.54, 1.807) is 6.92 Å². The number of ether oxygens (including phenoxy) is 1. The molecule has 6 nitrogen and oxygen atoms in total. The van der Waals surface area contributed by atoms with Crippen molar-refractivity contribution in [2.24, 2.45) is 0 Å². The molecule has 1 heterocycles. The Hall–Kier alpha value is -1.51. The second-order valence-corrected chi connectivity index (χ2v) is 4.50. The number of amides is 2. The largest absolute Gasteiger partial charge is 0.479 e. The van der Waals surface area contributed by atoms with Gasteiger partial charge in [-0.3, -0.25) is 0 Å². The van der Waals surface area contributed by atoms with E-state index in [9.17, 15) is 22.8 Å². The maximum atomic E-state index is 12.7.